The lowest BCUT2D eigenvalue weighted by Gasteiger charge is -2.50. The molecule has 4 aromatic rings. The summed E-state index contributed by atoms with van der Waals surface area (Å²) in [7, 11) is 2.77. The molecule has 2 N–H and O–H groups in total. The van der Waals surface area contributed by atoms with Crippen LogP contribution in [0.4, 0.5) is 15.8 Å². The van der Waals surface area contributed by atoms with E-state index >= 15 is 4.79 Å². The molecular formula is C40H32Cl2FN3O7. The highest BCUT2D eigenvalue weighted by molar-refractivity contribution is 6.31. The maximum absolute atomic E-state index is 15.3. The van der Waals surface area contributed by atoms with Gasteiger partial charge in [0, 0.05) is 16.0 Å². The Morgan fingerprint density at radius 1 is 0.811 bits per heavy atom. The molecule has 8 rings (SSSR count). The van der Waals surface area contributed by atoms with Crippen molar-refractivity contribution in [2.45, 2.75) is 24.2 Å². The van der Waals surface area contributed by atoms with Gasteiger partial charge >= 0.3 is 0 Å². The number of nitrogens with zero attached hydrogens (tertiary/aromatic N) is 2. The number of amides is 4. The second-order valence-corrected chi connectivity index (χ2v) is 14.5. The van der Waals surface area contributed by atoms with Crippen LogP contribution in [0.2, 0.25) is 10.0 Å². The van der Waals surface area contributed by atoms with Crippen LogP contribution in [0, 0.1) is 29.5 Å². The Bertz CT molecular complexity index is 2190. The lowest BCUT2D eigenvalue weighted by atomic mass is 9.49. The zero-order valence-corrected chi connectivity index (χ0v) is 29.9. The Hall–Kier alpha value is -5.39. The van der Waals surface area contributed by atoms with Crippen LogP contribution in [0.1, 0.15) is 29.9 Å². The van der Waals surface area contributed by atoms with E-state index in [0.29, 0.717) is 38.1 Å². The molecule has 4 amide bonds. The predicted octanol–water partition coefficient (Wildman–Crippen LogP) is 7.04. The number of benzene rings is 4. The van der Waals surface area contributed by atoms with Crippen LogP contribution in [0.5, 0.6) is 17.2 Å². The average molecular weight is 757 g/mol. The summed E-state index contributed by atoms with van der Waals surface area (Å²) in [5.74, 6) is -6.73. The van der Waals surface area contributed by atoms with Crippen LogP contribution < -0.4 is 19.8 Å². The topological polar surface area (TPSA) is 125 Å². The lowest BCUT2D eigenvalue weighted by molar-refractivity contribution is -0.138. The molecular weight excluding hydrogens is 724 g/mol. The van der Waals surface area contributed by atoms with Crippen molar-refractivity contribution in [3.63, 3.8) is 0 Å². The summed E-state index contributed by atoms with van der Waals surface area (Å²) in [6, 6.07) is 21.6. The molecule has 0 radical (unpaired) electrons. The summed E-state index contributed by atoms with van der Waals surface area (Å²) in [5.41, 5.74) is 3.64. The number of rotatable bonds is 7. The van der Waals surface area contributed by atoms with Gasteiger partial charge in [0.25, 0.3) is 11.8 Å². The molecule has 0 spiro atoms. The van der Waals surface area contributed by atoms with E-state index in [1.807, 2.05) is 6.08 Å². The number of aromatic hydroxyl groups is 1. The molecule has 2 aliphatic heterocycles. The van der Waals surface area contributed by atoms with Crippen LogP contribution in [-0.4, -0.2) is 48.0 Å². The van der Waals surface area contributed by atoms with Crippen LogP contribution in [0.3, 0.4) is 0 Å². The Kier molecular flexibility index (Phi) is 8.46. The van der Waals surface area contributed by atoms with E-state index in [2.05, 4.69) is 5.43 Å². The van der Waals surface area contributed by atoms with Crippen LogP contribution >= 0.6 is 23.2 Å². The summed E-state index contributed by atoms with van der Waals surface area (Å²) < 4.78 is 25.0. The number of anilines is 2. The lowest BCUT2D eigenvalue weighted by Crippen LogP contribution is -2.53. The zero-order valence-electron chi connectivity index (χ0n) is 28.4. The van der Waals surface area contributed by atoms with Gasteiger partial charge in [-0.1, -0.05) is 47.0 Å². The van der Waals surface area contributed by atoms with Gasteiger partial charge in [0.05, 0.1) is 48.8 Å². The number of carbonyl (C=O) groups excluding carboxylic acids is 4. The molecule has 1 saturated carbocycles. The van der Waals surface area contributed by atoms with Crippen molar-refractivity contribution >= 4 is 58.2 Å². The first-order valence-corrected chi connectivity index (χ1v) is 17.7. The number of hydrogen-bond donors (Lipinski definition) is 2. The smallest absolute Gasteiger partial charge is 0.260 e. The predicted molar refractivity (Wildman–Crippen MR) is 194 cm³/mol. The van der Waals surface area contributed by atoms with Gasteiger partial charge < -0.3 is 14.6 Å². The summed E-state index contributed by atoms with van der Waals surface area (Å²) in [6.07, 6.45) is 2.17. The molecule has 6 atom stereocenters. The van der Waals surface area contributed by atoms with Crippen LogP contribution in [-0.2, 0) is 24.6 Å². The number of hydrazine groups is 1. The van der Waals surface area contributed by atoms with Crippen LogP contribution in [0.15, 0.2) is 96.6 Å². The number of methoxy groups -OCH3 is 2. The van der Waals surface area contributed by atoms with E-state index in [-0.39, 0.29) is 36.0 Å². The number of phenolic OH excluding ortho intramolecular Hbond substituents is 1. The quantitative estimate of drug-likeness (QED) is 0.152. The third-order valence-electron chi connectivity index (χ3n) is 11.2. The molecule has 0 aromatic heterocycles. The fourth-order valence-electron chi connectivity index (χ4n) is 8.96. The molecule has 2 saturated heterocycles. The standard InChI is InChI=1S/C40H32Cl2FN3O7/c1-52-31-17-20(18-32(53-2)35(31)47)34-27-15-16-28-33(38(50)45(36(28)48)26-13-7-23(42)8-14-26)29(27)19-30-37(49)46(44-25-11-9-24(43)10-12-25)39(51)40(30,34)21-3-5-22(41)6-4-21/h3-15,17-18,28-30,33-34,44,47H,16,19H2,1-2H3. The molecule has 13 heteroatoms. The van der Waals surface area contributed by atoms with E-state index in [1.165, 1.54) is 43.4 Å². The van der Waals surface area contributed by atoms with Gasteiger partial charge in [0.15, 0.2) is 11.5 Å². The summed E-state index contributed by atoms with van der Waals surface area (Å²) >= 11 is 12.5. The molecule has 10 nitrogen and oxygen atoms in total. The molecule has 0 bridgehead atoms. The van der Waals surface area contributed by atoms with Gasteiger partial charge in [-0.2, -0.15) is 5.01 Å². The van der Waals surface area contributed by atoms with Crippen molar-refractivity contribution in [2.24, 2.45) is 23.7 Å². The molecule has 4 aromatic carbocycles. The maximum atomic E-state index is 15.3. The number of carbonyl (C=O) groups is 4. The van der Waals surface area contributed by atoms with Crippen molar-refractivity contribution in [3.8, 4) is 17.2 Å². The highest BCUT2D eigenvalue weighted by atomic mass is 35.5. The van der Waals surface area contributed by atoms with E-state index in [1.54, 1.807) is 60.7 Å². The van der Waals surface area contributed by atoms with E-state index in [0.717, 1.165) is 5.01 Å². The van der Waals surface area contributed by atoms with Crippen molar-refractivity contribution in [1.82, 2.24) is 5.01 Å². The Labute approximate surface area is 313 Å². The highest BCUT2D eigenvalue weighted by Gasteiger charge is 2.70. The fraction of sp³-hybridized carbons (Fsp3) is 0.250. The highest BCUT2D eigenvalue weighted by Crippen LogP contribution is 2.65. The second kappa shape index (κ2) is 12.9. The van der Waals surface area contributed by atoms with Crippen molar-refractivity contribution in [3.05, 3.63) is 124 Å². The summed E-state index contributed by atoms with van der Waals surface area (Å²) in [5, 5.41) is 12.8. The van der Waals surface area contributed by atoms with Crippen LogP contribution in [0.25, 0.3) is 0 Å². The summed E-state index contributed by atoms with van der Waals surface area (Å²) in [4.78, 5) is 59.8. The number of hydrogen-bond acceptors (Lipinski definition) is 8. The van der Waals surface area contributed by atoms with E-state index < -0.39 is 58.5 Å². The number of allylic oxidation sites excluding steroid dienone is 2. The first-order chi connectivity index (χ1) is 25.5. The van der Waals surface area contributed by atoms with Crippen molar-refractivity contribution < 1.29 is 38.1 Å². The number of fused-ring (bicyclic) bond motifs is 4. The van der Waals surface area contributed by atoms with Gasteiger partial charge in [-0.3, -0.25) is 29.5 Å². The minimum Gasteiger partial charge on any atom is -0.502 e. The number of nitrogens with one attached hydrogen (secondary N) is 1. The Morgan fingerprint density at radius 2 is 1.42 bits per heavy atom. The number of phenols is 1. The molecule has 2 heterocycles. The zero-order chi connectivity index (χ0) is 37.3. The molecule has 270 valence electrons. The average Bonchev–Trinajstić information content (AvgIpc) is 3.54. The normalized spacial score (nSPS) is 26.2. The van der Waals surface area contributed by atoms with Gasteiger partial charge in [0.1, 0.15) is 5.82 Å². The molecule has 6 unspecified atom stereocenters. The minimum absolute atomic E-state index is 0.0537. The Morgan fingerprint density at radius 3 is 2.02 bits per heavy atom. The molecule has 2 aliphatic carbocycles. The number of imide groups is 2. The van der Waals surface area contributed by atoms with E-state index in [9.17, 15) is 23.9 Å². The Balaban J connectivity index is 1.35. The maximum Gasteiger partial charge on any atom is 0.260 e. The second-order valence-electron chi connectivity index (χ2n) is 13.6. The minimum atomic E-state index is -1.63. The number of ether oxygens (including phenoxy) is 2. The van der Waals surface area contributed by atoms with Gasteiger partial charge in [-0.15, -0.1) is 0 Å². The van der Waals surface area contributed by atoms with Gasteiger partial charge in [0.2, 0.25) is 17.6 Å². The first kappa shape index (κ1) is 34.7. The third kappa shape index (κ3) is 5.20. The molecule has 3 fully saturated rings. The third-order valence-corrected chi connectivity index (χ3v) is 11.7. The van der Waals surface area contributed by atoms with Crippen molar-refractivity contribution in [2.75, 3.05) is 24.5 Å². The molecule has 53 heavy (non-hydrogen) atoms. The fourth-order valence-corrected chi connectivity index (χ4v) is 9.21. The SMILES string of the molecule is COc1cc(C2C3=CCC4C(=O)N(c5ccc(Cl)cc5)C(=O)C4C3CC3C(=O)N(Nc4ccc(F)cc4)C(=O)C32c2ccc(Cl)cc2)cc(OC)c1O. The molecule has 4 aliphatic rings. The van der Waals surface area contributed by atoms with Crippen molar-refractivity contribution in [1.29, 1.82) is 0 Å². The van der Waals surface area contributed by atoms with Gasteiger partial charge in [-0.05, 0) is 103 Å². The first-order valence-electron chi connectivity index (χ1n) is 16.9. The monoisotopic (exact) mass is 755 g/mol. The van der Waals surface area contributed by atoms with E-state index in [4.69, 9.17) is 32.7 Å². The summed E-state index contributed by atoms with van der Waals surface area (Å²) in [6.45, 7) is 0. The largest absolute Gasteiger partial charge is 0.502 e. The number of halogens is 3. The van der Waals surface area contributed by atoms with Gasteiger partial charge in [-0.25, -0.2) is 4.39 Å².